The summed E-state index contributed by atoms with van der Waals surface area (Å²) in [5.74, 6) is 1.34. The van der Waals surface area contributed by atoms with Crippen molar-refractivity contribution in [3.63, 3.8) is 0 Å². The van der Waals surface area contributed by atoms with Gasteiger partial charge < -0.3 is 20.1 Å². The number of nitrogens with zero attached hydrogens (tertiary/aromatic N) is 6. The highest BCUT2D eigenvalue weighted by Crippen LogP contribution is 2.29. The van der Waals surface area contributed by atoms with Crippen LogP contribution in [0, 0.1) is 0 Å². The monoisotopic (exact) mass is 321 g/mol. The molecule has 0 spiro atoms. The molecule has 0 bridgehead atoms. The predicted octanol–water partition coefficient (Wildman–Crippen LogP) is -2.04. The van der Waals surface area contributed by atoms with Gasteiger partial charge >= 0.3 is 5.65 Å². The molecule has 3 N–H and O–H groups in total. The van der Waals surface area contributed by atoms with E-state index in [0.717, 1.165) is 5.52 Å². The van der Waals surface area contributed by atoms with Crippen molar-refractivity contribution in [1.82, 2.24) is 14.5 Å². The predicted molar refractivity (Wildman–Crippen MR) is 77.6 cm³/mol. The van der Waals surface area contributed by atoms with Crippen molar-refractivity contribution in [3.8, 4) is 0 Å². The summed E-state index contributed by atoms with van der Waals surface area (Å²) in [4.78, 5) is 8.52. The van der Waals surface area contributed by atoms with E-state index in [2.05, 4.69) is 15.1 Å². The van der Waals surface area contributed by atoms with Gasteiger partial charge in [-0.25, -0.2) is 14.1 Å². The first kappa shape index (κ1) is 14.5. The molecule has 4 unspecified atom stereocenters. The minimum absolute atomic E-state index is 0.378. The highest BCUT2D eigenvalue weighted by atomic mass is 16.6. The number of hydrogen-bond donors (Lipinski definition) is 3. The topological polar surface area (TPSA) is 120 Å². The minimum Gasteiger partial charge on any atom is -0.394 e. The quantitative estimate of drug-likeness (QED) is 0.545. The molecule has 0 aromatic carbocycles. The first-order chi connectivity index (χ1) is 11.0. The molecule has 4 rings (SSSR count). The van der Waals surface area contributed by atoms with Gasteiger partial charge in [-0.1, -0.05) is 4.98 Å². The van der Waals surface area contributed by atoms with Crippen molar-refractivity contribution < 1.29 is 24.6 Å². The van der Waals surface area contributed by atoms with Gasteiger partial charge in [-0.05, 0) is 0 Å². The van der Waals surface area contributed by atoms with E-state index in [1.54, 1.807) is 27.5 Å². The molecule has 4 heterocycles. The molecule has 1 saturated heterocycles. The number of ether oxygens (including phenoxy) is 1. The van der Waals surface area contributed by atoms with Crippen LogP contribution in [-0.4, -0.2) is 67.7 Å². The third-order valence-corrected chi connectivity index (χ3v) is 4.25. The number of rotatable bonds is 2. The summed E-state index contributed by atoms with van der Waals surface area (Å²) in [6.45, 7) is 1.46. The molecule has 0 saturated carbocycles. The van der Waals surface area contributed by atoms with Crippen LogP contribution in [0.1, 0.15) is 13.2 Å². The molecular formula is C13H17N6O4+. The van der Waals surface area contributed by atoms with Gasteiger partial charge in [-0.2, -0.15) is 4.98 Å². The van der Waals surface area contributed by atoms with Crippen molar-refractivity contribution in [2.24, 2.45) is 5.10 Å². The van der Waals surface area contributed by atoms with Crippen molar-refractivity contribution in [3.05, 3.63) is 12.7 Å². The van der Waals surface area contributed by atoms with Crippen LogP contribution in [-0.2, 0) is 4.74 Å². The molecule has 10 heteroatoms. The van der Waals surface area contributed by atoms with Gasteiger partial charge in [0.1, 0.15) is 18.3 Å². The Labute approximate surface area is 130 Å². The lowest BCUT2D eigenvalue weighted by Crippen LogP contribution is -2.46. The smallest absolute Gasteiger partial charge is 0.310 e. The van der Waals surface area contributed by atoms with E-state index < -0.39 is 24.5 Å². The largest absolute Gasteiger partial charge is 0.394 e. The molecule has 0 radical (unpaired) electrons. The van der Waals surface area contributed by atoms with Crippen LogP contribution in [0.25, 0.3) is 11.2 Å². The maximum absolute atomic E-state index is 10.3. The van der Waals surface area contributed by atoms with E-state index in [0.29, 0.717) is 17.3 Å². The highest BCUT2D eigenvalue weighted by Gasteiger charge is 2.47. The van der Waals surface area contributed by atoms with Crippen LogP contribution in [0.5, 0.6) is 0 Å². The average Bonchev–Trinajstić information content (AvgIpc) is 3.05. The molecule has 23 heavy (non-hydrogen) atoms. The molecular weight excluding hydrogens is 304 g/mol. The van der Waals surface area contributed by atoms with Crippen molar-refractivity contribution >= 4 is 22.8 Å². The molecule has 122 valence electrons. The van der Waals surface area contributed by atoms with Gasteiger partial charge in [0, 0.05) is 14.0 Å². The van der Waals surface area contributed by atoms with Crippen LogP contribution in [0.3, 0.4) is 0 Å². The van der Waals surface area contributed by atoms with Gasteiger partial charge in [0.15, 0.2) is 24.3 Å². The average molecular weight is 321 g/mol. The number of anilines is 1. The third kappa shape index (κ3) is 1.89. The number of aliphatic hydroxyl groups excluding tert-OH is 3. The molecule has 10 nitrogen and oxygen atoms in total. The highest BCUT2D eigenvalue weighted by molar-refractivity contribution is 5.97. The Morgan fingerprint density at radius 2 is 2.09 bits per heavy atom. The summed E-state index contributed by atoms with van der Waals surface area (Å²) in [5, 5.41) is 35.5. The summed E-state index contributed by atoms with van der Waals surface area (Å²) < 4.78 is 9.03. The zero-order valence-corrected chi connectivity index (χ0v) is 12.6. The molecule has 2 aliphatic heterocycles. The maximum Gasteiger partial charge on any atom is 0.310 e. The number of hydrazone groups is 1. The Bertz CT molecular complexity index is 805. The fourth-order valence-electron chi connectivity index (χ4n) is 3.09. The summed E-state index contributed by atoms with van der Waals surface area (Å²) in [7, 11) is 1.79. The molecule has 1 fully saturated rings. The van der Waals surface area contributed by atoms with Crippen LogP contribution in [0.15, 0.2) is 17.8 Å². The van der Waals surface area contributed by atoms with E-state index in [-0.39, 0.29) is 6.61 Å². The van der Waals surface area contributed by atoms with Gasteiger partial charge in [-0.15, -0.1) is 5.10 Å². The lowest BCUT2D eigenvalue weighted by Gasteiger charge is -2.16. The standard InChI is InChI=1S/C13H17N6O4/c1-6-16-17(2)11-8-12(15-4-14-11)19(5-18(6)8)13-10(22)9(21)7(3-20)23-13/h4-5,7,9-10,13,20-22H,3H2,1-2H3/q+1. The first-order valence-corrected chi connectivity index (χ1v) is 7.22. The summed E-state index contributed by atoms with van der Waals surface area (Å²) in [6, 6.07) is 0. The Morgan fingerprint density at radius 3 is 2.78 bits per heavy atom. The van der Waals surface area contributed by atoms with Crippen LogP contribution in [0.2, 0.25) is 0 Å². The van der Waals surface area contributed by atoms with Crippen LogP contribution in [0.4, 0.5) is 5.82 Å². The van der Waals surface area contributed by atoms with Crippen LogP contribution >= 0.6 is 0 Å². The third-order valence-electron chi connectivity index (χ3n) is 4.25. The Kier molecular flexibility index (Phi) is 3.10. The van der Waals surface area contributed by atoms with Crippen molar-refractivity contribution in [2.75, 3.05) is 18.7 Å². The van der Waals surface area contributed by atoms with Crippen molar-refractivity contribution in [2.45, 2.75) is 31.5 Å². The zero-order chi connectivity index (χ0) is 16.3. The molecule has 0 amide bonds. The molecule has 2 aromatic rings. The number of imidazole rings is 1. The second kappa shape index (κ2) is 4.93. The summed E-state index contributed by atoms with van der Waals surface area (Å²) in [6.07, 6.45) is -0.929. The molecule has 0 aliphatic carbocycles. The Balaban J connectivity index is 1.89. The lowest BCUT2D eigenvalue weighted by molar-refractivity contribution is -0.745. The Hall–Kier alpha value is -2.14. The maximum atomic E-state index is 10.3. The van der Waals surface area contributed by atoms with E-state index >= 15 is 0 Å². The van der Waals surface area contributed by atoms with Crippen LogP contribution < -0.4 is 9.58 Å². The fraction of sp³-hybridized carbons (Fsp3) is 0.538. The number of hydrogen-bond acceptors (Lipinski definition) is 8. The first-order valence-electron chi connectivity index (χ1n) is 7.22. The lowest BCUT2D eigenvalue weighted by atomic mass is 10.1. The van der Waals surface area contributed by atoms with Gasteiger partial charge in [0.2, 0.25) is 11.7 Å². The summed E-state index contributed by atoms with van der Waals surface area (Å²) in [5.41, 5.74) is 1.28. The normalized spacial score (nSPS) is 30.1. The van der Waals surface area contributed by atoms with E-state index in [1.165, 1.54) is 6.33 Å². The molecule has 2 aliphatic rings. The van der Waals surface area contributed by atoms with E-state index in [1.807, 2.05) is 6.92 Å². The number of aliphatic hydroxyl groups is 3. The van der Waals surface area contributed by atoms with Crippen molar-refractivity contribution in [1.29, 1.82) is 0 Å². The second-order valence-electron chi connectivity index (χ2n) is 5.66. The van der Waals surface area contributed by atoms with Gasteiger partial charge in [0.05, 0.1) is 6.61 Å². The van der Waals surface area contributed by atoms with Gasteiger partial charge in [0.25, 0.3) is 0 Å². The van der Waals surface area contributed by atoms with E-state index in [4.69, 9.17) is 4.74 Å². The molecule has 4 atom stereocenters. The van der Waals surface area contributed by atoms with Gasteiger partial charge in [-0.3, -0.25) is 0 Å². The Morgan fingerprint density at radius 1 is 1.30 bits per heavy atom. The number of aromatic nitrogens is 4. The van der Waals surface area contributed by atoms with E-state index in [9.17, 15) is 15.3 Å². The fourth-order valence-corrected chi connectivity index (χ4v) is 3.09. The SMILES string of the molecule is CC1=NN(C)c2ncnc3c2n1c[n+]3C1OC(CO)C(O)C1O. The summed E-state index contributed by atoms with van der Waals surface area (Å²) >= 11 is 0. The second-order valence-corrected chi connectivity index (χ2v) is 5.66. The zero-order valence-electron chi connectivity index (χ0n) is 12.6. The molecule has 2 aromatic heterocycles. The minimum atomic E-state index is -1.18.